The Hall–Kier alpha value is -2.65. The van der Waals surface area contributed by atoms with Gasteiger partial charge in [0.05, 0.1) is 11.6 Å². The van der Waals surface area contributed by atoms with Crippen LogP contribution in [0.25, 0.3) is 0 Å². The molecule has 1 unspecified atom stereocenters. The summed E-state index contributed by atoms with van der Waals surface area (Å²) in [4.78, 5) is 2.59. The molecule has 1 aromatic carbocycles. The third-order valence-electron chi connectivity index (χ3n) is 3.71. The van der Waals surface area contributed by atoms with Crippen molar-refractivity contribution in [1.82, 2.24) is 4.98 Å². The molecule has 0 bridgehead atoms. The van der Waals surface area contributed by atoms with E-state index >= 15 is 0 Å². The first kappa shape index (κ1) is 20.7. The van der Waals surface area contributed by atoms with Gasteiger partial charge in [0.15, 0.2) is 0 Å². The van der Waals surface area contributed by atoms with E-state index in [-0.39, 0.29) is 0 Å². The summed E-state index contributed by atoms with van der Waals surface area (Å²) in [5.74, 6) is 0. The predicted molar refractivity (Wildman–Crippen MR) is 79.5 cm³/mol. The molecule has 1 aromatic heterocycles. The SMILES string of the molecule is N#CC(c1ccc(C(F)(F)F)cc1)(c1cncc(S(N)(=O)=O)c1)C(F)(F)F. The maximum absolute atomic E-state index is 13.9. The molecule has 0 saturated carbocycles. The average molecular weight is 409 g/mol. The number of hydrogen-bond donors (Lipinski definition) is 1. The van der Waals surface area contributed by atoms with Crippen LogP contribution in [0.5, 0.6) is 0 Å². The van der Waals surface area contributed by atoms with E-state index in [4.69, 9.17) is 5.14 Å². The van der Waals surface area contributed by atoms with E-state index in [0.717, 1.165) is 6.07 Å². The summed E-state index contributed by atoms with van der Waals surface area (Å²) in [6.45, 7) is 0. The summed E-state index contributed by atoms with van der Waals surface area (Å²) in [5, 5.41) is 14.2. The van der Waals surface area contributed by atoms with Crippen molar-refractivity contribution in [2.24, 2.45) is 5.14 Å². The van der Waals surface area contributed by atoms with E-state index in [1.54, 1.807) is 0 Å². The molecule has 0 aliphatic rings. The van der Waals surface area contributed by atoms with E-state index in [9.17, 15) is 40.0 Å². The van der Waals surface area contributed by atoms with Crippen LogP contribution in [0.15, 0.2) is 47.6 Å². The zero-order valence-corrected chi connectivity index (χ0v) is 13.8. The number of aromatic nitrogens is 1. The van der Waals surface area contributed by atoms with Gasteiger partial charge >= 0.3 is 12.4 Å². The van der Waals surface area contributed by atoms with Crippen molar-refractivity contribution >= 4 is 10.0 Å². The standard InChI is InChI=1S/C15H9F6N3O2S/c16-14(17,18)10-3-1-9(2-4-10)13(8-22,15(19,20)21)11-5-12(7-24-6-11)27(23,25)26/h1-7H,(H2,23,25,26). The largest absolute Gasteiger partial charge is 0.416 e. The van der Waals surface area contributed by atoms with Crippen LogP contribution in [0.4, 0.5) is 26.3 Å². The number of sulfonamides is 1. The maximum atomic E-state index is 13.9. The highest BCUT2D eigenvalue weighted by molar-refractivity contribution is 7.89. The van der Waals surface area contributed by atoms with E-state index in [2.05, 4.69) is 4.98 Å². The number of primary sulfonamides is 1. The van der Waals surface area contributed by atoms with Gasteiger partial charge in [-0.15, -0.1) is 0 Å². The Kier molecular flexibility index (Phi) is 4.98. The second kappa shape index (κ2) is 6.50. The first-order valence-electron chi connectivity index (χ1n) is 6.87. The molecule has 0 saturated heterocycles. The maximum Gasteiger partial charge on any atom is 0.416 e. The molecule has 2 aromatic rings. The highest BCUT2D eigenvalue weighted by Gasteiger charge is 2.58. The average Bonchev–Trinajstić information content (AvgIpc) is 2.54. The van der Waals surface area contributed by atoms with Gasteiger partial charge in [0.2, 0.25) is 15.4 Å². The highest BCUT2D eigenvalue weighted by atomic mass is 32.2. The Morgan fingerprint density at radius 3 is 1.85 bits per heavy atom. The van der Waals surface area contributed by atoms with E-state index < -0.39 is 49.4 Å². The van der Waals surface area contributed by atoms with Crippen LogP contribution in [-0.2, 0) is 21.6 Å². The quantitative estimate of drug-likeness (QED) is 0.788. The van der Waals surface area contributed by atoms with Gasteiger partial charge in [-0.3, -0.25) is 4.98 Å². The first-order chi connectivity index (χ1) is 12.2. The molecule has 144 valence electrons. The van der Waals surface area contributed by atoms with E-state index in [0.29, 0.717) is 42.7 Å². The van der Waals surface area contributed by atoms with Gasteiger partial charge in [-0.1, -0.05) is 12.1 Å². The van der Waals surface area contributed by atoms with Gasteiger partial charge < -0.3 is 0 Å². The van der Waals surface area contributed by atoms with Crippen LogP contribution >= 0.6 is 0 Å². The topological polar surface area (TPSA) is 96.8 Å². The normalized spacial score (nSPS) is 15.0. The Bertz CT molecular complexity index is 994. The molecule has 0 fully saturated rings. The van der Waals surface area contributed by atoms with Crippen molar-refractivity contribution in [2.45, 2.75) is 22.7 Å². The number of pyridine rings is 1. The first-order valence-corrected chi connectivity index (χ1v) is 8.42. The molecule has 0 amide bonds. The lowest BCUT2D eigenvalue weighted by atomic mass is 9.75. The van der Waals surface area contributed by atoms with Gasteiger partial charge in [-0.2, -0.15) is 31.6 Å². The molecule has 2 rings (SSSR count). The van der Waals surface area contributed by atoms with Gasteiger partial charge in [-0.05, 0) is 23.8 Å². The second-order valence-electron chi connectivity index (χ2n) is 5.39. The second-order valence-corrected chi connectivity index (χ2v) is 6.95. The van der Waals surface area contributed by atoms with Crippen molar-refractivity contribution in [3.63, 3.8) is 0 Å². The van der Waals surface area contributed by atoms with Crippen molar-refractivity contribution in [3.05, 3.63) is 59.4 Å². The molecular weight excluding hydrogens is 400 g/mol. The minimum atomic E-state index is -5.31. The zero-order chi connectivity index (χ0) is 20.7. The van der Waals surface area contributed by atoms with Crippen molar-refractivity contribution in [1.29, 1.82) is 5.26 Å². The summed E-state index contributed by atoms with van der Waals surface area (Å²) in [6.07, 6.45) is -8.81. The summed E-state index contributed by atoms with van der Waals surface area (Å²) in [6, 6.07) is 3.35. The fourth-order valence-electron chi connectivity index (χ4n) is 2.38. The molecule has 2 N–H and O–H groups in total. The lowest BCUT2D eigenvalue weighted by Gasteiger charge is -2.30. The molecule has 12 heteroatoms. The molecule has 0 aliphatic heterocycles. The predicted octanol–water partition coefficient (Wildman–Crippen LogP) is 3.12. The number of nitrogens with two attached hydrogens (primary N) is 1. The van der Waals surface area contributed by atoms with Crippen LogP contribution in [0.3, 0.4) is 0 Å². The van der Waals surface area contributed by atoms with Gasteiger partial charge in [0, 0.05) is 18.0 Å². The summed E-state index contributed by atoms with van der Waals surface area (Å²) in [7, 11) is -4.44. The molecular formula is C15H9F6N3O2S. The summed E-state index contributed by atoms with van der Waals surface area (Å²) < 4.78 is 102. The van der Waals surface area contributed by atoms with E-state index in [1.807, 2.05) is 0 Å². The van der Waals surface area contributed by atoms with Crippen molar-refractivity contribution in [2.75, 3.05) is 0 Å². The van der Waals surface area contributed by atoms with Crippen LogP contribution in [0.2, 0.25) is 0 Å². The summed E-state index contributed by atoms with van der Waals surface area (Å²) >= 11 is 0. The Morgan fingerprint density at radius 2 is 1.44 bits per heavy atom. The summed E-state index contributed by atoms with van der Waals surface area (Å²) in [5.41, 5.74) is -6.40. The molecule has 0 radical (unpaired) electrons. The smallest absolute Gasteiger partial charge is 0.263 e. The van der Waals surface area contributed by atoms with Gasteiger partial charge in [-0.25, -0.2) is 13.6 Å². The number of nitriles is 1. The Morgan fingerprint density at radius 1 is 0.926 bits per heavy atom. The number of halogens is 6. The number of rotatable bonds is 3. The molecule has 1 heterocycles. The number of alkyl halides is 6. The zero-order valence-electron chi connectivity index (χ0n) is 13.0. The van der Waals surface area contributed by atoms with Crippen molar-refractivity contribution in [3.8, 4) is 6.07 Å². The lowest BCUT2D eigenvalue weighted by molar-refractivity contribution is -0.162. The van der Waals surface area contributed by atoms with E-state index in [1.165, 1.54) is 0 Å². The Labute approximate surface area is 149 Å². The van der Waals surface area contributed by atoms with Gasteiger partial charge in [0.1, 0.15) is 4.90 Å². The van der Waals surface area contributed by atoms with Crippen molar-refractivity contribution < 1.29 is 34.8 Å². The lowest BCUT2D eigenvalue weighted by Crippen LogP contribution is -2.42. The molecule has 1 atom stereocenters. The minimum absolute atomic E-state index is 0.393. The van der Waals surface area contributed by atoms with Crippen LogP contribution in [0.1, 0.15) is 16.7 Å². The monoisotopic (exact) mass is 409 g/mol. The number of benzene rings is 1. The van der Waals surface area contributed by atoms with Crippen LogP contribution in [-0.4, -0.2) is 19.6 Å². The third kappa shape index (κ3) is 3.74. The third-order valence-corrected chi connectivity index (χ3v) is 4.59. The Balaban J connectivity index is 2.78. The fraction of sp³-hybridized carbons (Fsp3) is 0.200. The van der Waals surface area contributed by atoms with Gasteiger partial charge in [0.25, 0.3) is 0 Å². The van der Waals surface area contributed by atoms with Crippen LogP contribution in [0, 0.1) is 11.3 Å². The number of nitrogens with zero attached hydrogens (tertiary/aromatic N) is 2. The van der Waals surface area contributed by atoms with Crippen LogP contribution < -0.4 is 5.14 Å². The molecule has 5 nitrogen and oxygen atoms in total. The number of hydrogen-bond acceptors (Lipinski definition) is 4. The molecule has 0 aliphatic carbocycles. The highest BCUT2D eigenvalue weighted by Crippen LogP contribution is 2.46. The molecule has 27 heavy (non-hydrogen) atoms. The fourth-order valence-corrected chi connectivity index (χ4v) is 2.87. The molecule has 0 spiro atoms. The minimum Gasteiger partial charge on any atom is -0.263 e.